The summed E-state index contributed by atoms with van der Waals surface area (Å²) >= 11 is 0. The lowest BCUT2D eigenvalue weighted by molar-refractivity contribution is 0.140. The van der Waals surface area contributed by atoms with Crippen LogP contribution in [0.1, 0.15) is 32.3 Å². The summed E-state index contributed by atoms with van der Waals surface area (Å²) in [7, 11) is -3.23. The van der Waals surface area contributed by atoms with Crippen LogP contribution in [0.3, 0.4) is 0 Å². The van der Waals surface area contributed by atoms with E-state index in [0.29, 0.717) is 6.54 Å². The van der Waals surface area contributed by atoms with E-state index in [0.717, 1.165) is 43.5 Å². The SMILES string of the molecule is CC1CC(C)CN(CCCNS(=O)(=O)Cc2ccccc2)C1. The van der Waals surface area contributed by atoms with Crippen molar-refractivity contribution in [3.05, 3.63) is 35.9 Å². The largest absolute Gasteiger partial charge is 0.303 e. The zero-order valence-corrected chi connectivity index (χ0v) is 14.5. The molecule has 2 atom stereocenters. The molecule has 124 valence electrons. The number of rotatable bonds is 7. The van der Waals surface area contributed by atoms with Gasteiger partial charge in [0, 0.05) is 19.6 Å². The monoisotopic (exact) mass is 324 g/mol. The van der Waals surface area contributed by atoms with Gasteiger partial charge in [0.15, 0.2) is 0 Å². The van der Waals surface area contributed by atoms with Gasteiger partial charge in [-0.3, -0.25) is 0 Å². The van der Waals surface area contributed by atoms with Gasteiger partial charge in [0.2, 0.25) is 10.0 Å². The molecule has 4 nitrogen and oxygen atoms in total. The van der Waals surface area contributed by atoms with Gasteiger partial charge in [-0.15, -0.1) is 0 Å². The standard InChI is InChI=1S/C17H28N2O2S/c1-15-11-16(2)13-19(12-15)10-6-9-18-22(20,21)14-17-7-4-3-5-8-17/h3-5,7-8,15-16,18H,6,9-14H2,1-2H3. The van der Waals surface area contributed by atoms with E-state index < -0.39 is 10.0 Å². The molecule has 1 aromatic carbocycles. The van der Waals surface area contributed by atoms with Gasteiger partial charge in [-0.25, -0.2) is 13.1 Å². The summed E-state index contributed by atoms with van der Waals surface area (Å²) in [4.78, 5) is 2.46. The molecule has 22 heavy (non-hydrogen) atoms. The smallest absolute Gasteiger partial charge is 0.215 e. The Balaban J connectivity index is 1.69. The second-order valence-corrected chi connectivity index (χ2v) is 8.51. The number of hydrogen-bond acceptors (Lipinski definition) is 3. The fourth-order valence-corrected chi connectivity index (χ4v) is 4.54. The van der Waals surface area contributed by atoms with Crippen molar-refractivity contribution in [3.8, 4) is 0 Å². The highest BCUT2D eigenvalue weighted by Gasteiger charge is 2.21. The maximum Gasteiger partial charge on any atom is 0.215 e. The minimum atomic E-state index is -3.23. The van der Waals surface area contributed by atoms with Crippen molar-refractivity contribution in [1.82, 2.24) is 9.62 Å². The molecule has 0 aliphatic carbocycles. The molecule has 1 saturated heterocycles. The van der Waals surface area contributed by atoms with Gasteiger partial charge >= 0.3 is 0 Å². The van der Waals surface area contributed by atoms with Crippen molar-refractivity contribution < 1.29 is 8.42 Å². The van der Waals surface area contributed by atoms with Crippen LogP contribution in [-0.4, -0.2) is 39.5 Å². The summed E-state index contributed by atoms with van der Waals surface area (Å²) in [6.45, 7) is 8.37. The van der Waals surface area contributed by atoms with Crippen LogP contribution in [0.2, 0.25) is 0 Å². The van der Waals surface area contributed by atoms with Crippen molar-refractivity contribution in [3.63, 3.8) is 0 Å². The maximum absolute atomic E-state index is 12.0. The molecule has 1 heterocycles. The zero-order chi connectivity index (χ0) is 16.0. The van der Waals surface area contributed by atoms with Gasteiger partial charge in [0.05, 0.1) is 5.75 Å². The fourth-order valence-electron chi connectivity index (χ4n) is 3.35. The van der Waals surface area contributed by atoms with Crippen LogP contribution in [0.15, 0.2) is 30.3 Å². The molecule has 1 aromatic rings. The molecule has 1 aliphatic rings. The average Bonchev–Trinajstić information content (AvgIpc) is 2.43. The molecule has 0 bridgehead atoms. The molecule has 5 heteroatoms. The van der Waals surface area contributed by atoms with E-state index in [-0.39, 0.29) is 5.75 Å². The van der Waals surface area contributed by atoms with Gasteiger partial charge < -0.3 is 4.90 Å². The molecular weight excluding hydrogens is 296 g/mol. The molecule has 1 N–H and O–H groups in total. The lowest BCUT2D eigenvalue weighted by Gasteiger charge is -2.34. The Morgan fingerprint density at radius 2 is 1.77 bits per heavy atom. The van der Waals surface area contributed by atoms with E-state index in [1.807, 2.05) is 30.3 Å². The van der Waals surface area contributed by atoms with Crippen LogP contribution in [-0.2, 0) is 15.8 Å². The molecule has 1 aliphatic heterocycles. The highest BCUT2D eigenvalue weighted by Crippen LogP contribution is 2.20. The Morgan fingerprint density at radius 3 is 2.41 bits per heavy atom. The second-order valence-electron chi connectivity index (χ2n) is 6.70. The molecule has 2 unspecified atom stereocenters. The number of nitrogens with zero attached hydrogens (tertiary/aromatic N) is 1. The molecule has 0 saturated carbocycles. The highest BCUT2D eigenvalue weighted by molar-refractivity contribution is 7.88. The average molecular weight is 324 g/mol. The van der Waals surface area contributed by atoms with Crippen LogP contribution in [0.4, 0.5) is 0 Å². The summed E-state index contributed by atoms with van der Waals surface area (Å²) in [5.41, 5.74) is 0.827. The third-order valence-corrected chi connectivity index (χ3v) is 5.47. The van der Waals surface area contributed by atoms with Crippen molar-refractivity contribution in [1.29, 1.82) is 0 Å². The number of hydrogen-bond donors (Lipinski definition) is 1. The summed E-state index contributed by atoms with van der Waals surface area (Å²) in [6.07, 6.45) is 2.17. The topological polar surface area (TPSA) is 49.4 Å². The molecule has 1 fully saturated rings. The molecule has 0 spiro atoms. The maximum atomic E-state index is 12.0. The summed E-state index contributed by atoms with van der Waals surface area (Å²) in [5, 5.41) is 0. The molecular formula is C17H28N2O2S. The van der Waals surface area contributed by atoms with Crippen LogP contribution >= 0.6 is 0 Å². The summed E-state index contributed by atoms with van der Waals surface area (Å²) in [6, 6.07) is 9.31. The van der Waals surface area contributed by atoms with Gasteiger partial charge in [0.25, 0.3) is 0 Å². The van der Waals surface area contributed by atoms with Gasteiger partial charge in [-0.2, -0.15) is 0 Å². The van der Waals surface area contributed by atoms with Crippen LogP contribution in [0, 0.1) is 11.8 Å². The van der Waals surface area contributed by atoms with Crippen molar-refractivity contribution in [2.24, 2.45) is 11.8 Å². The predicted molar refractivity (Wildman–Crippen MR) is 91.1 cm³/mol. The van der Waals surface area contributed by atoms with Crippen molar-refractivity contribution in [2.75, 3.05) is 26.2 Å². The molecule has 2 rings (SSSR count). The number of piperidine rings is 1. The highest BCUT2D eigenvalue weighted by atomic mass is 32.2. The first-order chi connectivity index (χ1) is 10.4. The number of benzene rings is 1. The normalized spacial score (nSPS) is 23.5. The van der Waals surface area contributed by atoms with Crippen LogP contribution in [0.5, 0.6) is 0 Å². The Morgan fingerprint density at radius 1 is 1.14 bits per heavy atom. The van der Waals surface area contributed by atoms with Crippen molar-refractivity contribution in [2.45, 2.75) is 32.4 Å². The van der Waals surface area contributed by atoms with E-state index in [4.69, 9.17) is 0 Å². The molecule has 0 amide bonds. The van der Waals surface area contributed by atoms with E-state index in [9.17, 15) is 8.42 Å². The summed E-state index contributed by atoms with van der Waals surface area (Å²) in [5.74, 6) is 1.56. The second kappa shape index (κ2) is 8.09. The molecule has 0 radical (unpaired) electrons. The third kappa shape index (κ3) is 6.07. The number of likely N-dealkylation sites (tertiary alicyclic amines) is 1. The van der Waals surface area contributed by atoms with E-state index in [1.54, 1.807) is 0 Å². The van der Waals surface area contributed by atoms with Crippen molar-refractivity contribution >= 4 is 10.0 Å². The Bertz CT molecular complexity index is 535. The first kappa shape index (κ1) is 17.4. The van der Waals surface area contributed by atoms with E-state index in [1.165, 1.54) is 6.42 Å². The lowest BCUT2D eigenvalue weighted by Crippen LogP contribution is -2.40. The zero-order valence-electron chi connectivity index (χ0n) is 13.7. The van der Waals surface area contributed by atoms with Crippen LogP contribution < -0.4 is 4.72 Å². The number of nitrogens with one attached hydrogen (secondary N) is 1. The minimum absolute atomic E-state index is 0.0611. The Labute approximate surface area is 135 Å². The van der Waals surface area contributed by atoms with Crippen LogP contribution in [0.25, 0.3) is 0 Å². The number of sulfonamides is 1. The van der Waals surface area contributed by atoms with Gasteiger partial charge in [-0.05, 0) is 36.8 Å². The lowest BCUT2D eigenvalue weighted by atomic mass is 9.92. The summed E-state index contributed by atoms with van der Waals surface area (Å²) < 4.78 is 26.8. The third-order valence-electron chi connectivity index (χ3n) is 4.12. The van der Waals surface area contributed by atoms with Gasteiger partial charge in [-0.1, -0.05) is 44.2 Å². The Kier molecular flexibility index (Phi) is 6.41. The van der Waals surface area contributed by atoms with Gasteiger partial charge in [0.1, 0.15) is 0 Å². The first-order valence-electron chi connectivity index (χ1n) is 8.18. The van der Waals surface area contributed by atoms with E-state index in [2.05, 4.69) is 23.5 Å². The quantitative estimate of drug-likeness (QED) is 0.784. The fraction of sp³-hybridized carbons (Fsp3) is 0.647. The Hall–Kier alpha value is -0.910. The van der Waals surface area contributed by atoms with E-state index >= 15 is 0 Å². The molecule has 0 aromatic heterocycles. The first-order valence-corrected chi connectivity index (χ1v) is 9.83. The predicted octanol–water partition coefficient (Wildman–Crippen LogP) is 2.47. The minimum Gasteiger partial charge on any atom is -0.303 e.